The van der Waals surface area contributed by atoms with E-state index in [0.29, 0.717) is 17.0 Å². The molecule has 33 heavy (non-hydrogen) atoms. The van der Waals surface area contributed by atoms with Crippen molar-refractivity contribution < 1.29 is 13.9 Å². The van der Waals surface area contributed by atoms with Gasteiger partial charge in [-0.05, 0) is 31.2 Å². The highest BCUT2D eigenvalue weighted by Gasteiger charge is 2.27. The monoisotopic (exact) mass is 463 g/mol. The van der Waals surface area contributed by atoms with Crippen molar-refractivity contribution in [1.29, 1.82) is 0 Å². The topological polar surface area (TPSA) is 58.0 Å². The van der Waals surface area contributed by atoms with E-state index in [9.17, 15) is 4.79 Å². The Morgan fingerprint density at radius 3 is 2.48 bits per heavy atom. The van der Waals surface area contributed by atoms with Gasteiger partial charge in [-0.25, -0.2) is 0 Å². The number of ether oxygens (including phenoxy) is 1. The van der Waals surface area contributed by atoms with Crippen LogP contribution in [0.4, 0.5) is 11.4 Å². The number of nitrogens with zero attached hydrogens (tertiary/aromatic N) is 2. The number of rotatable bonds is 5. The Morgan fingerprint density at radius 1 is 1.00 bits per heavy atom. The van der Waals surface area contributed by atoms with Gasteiger partial charge < -0.3 is 19.4 Å². The van der Waals surface area contributed by atoms with Gasteiger partial charge in [-0.3, -0.25) is 9.69 Å². The summed E-state index contributed by atoms with van der Waals surface area (Å²) in [6, 6.07) is 19.2. The van der Waals surface area contributed by atoms with Gasteiger partial charge in [0.25, 0.3) is 0 Å². The second kappa shape index (κ2) is 8.96. The molecule has 0 bridgehead atoms. The van der Waals surface area contributed by atoms with E-state index in [-0.39, 0.29) is 11.9 Å². The van der Waals surface area contributed by atoms with Crippen molar-refractivity contribution >= 4 is 50.8 Å². The summed E-state index contributed by atoms with van der Waals surface area (Å²) in [5.74, 6) is 0.535. The lowest BCUT2D eigenvalue weighted by atomic mass is 10.1. The molecule has 1 aliphatic heterocycles. The van der Waals surface area contributed by atoms with E-state index < -0.39 is 0 Å². The van der Waals surface area contributed by atoms with Crippen molar-refractivity contribution in [2.45, 2.75) is 13.0 Å². The Hall–Kier alpha value is -3.22. The predicted octanol–water partition coefficient (Wildman–Crippen LogP) is 5.40. The fourth-order valence-electron chi connectivity index (χ4n) is 4.48. The van der Waals surface area contributed by atoms with Crippen molar-refractivity contribution in [3.05, 3.63) is 65.7 Å². The molecule has 1 amide bonds. The van der Waals surface area contributed by atoms with Gasteiger partial charge in [0.15, 0.2) is 0 Å². The van der Waals surface area contributed by atoms with Gasteiger partial charge in [-0.2, -0.15) is 0 Å². The lowest BCUT2D eigenvalue weighted by Crippen LogP contribution is -2.52. The van der Waals surface area contributed by atoms with Crippen LogP contribution in [0.2, 0.25) is 5.02 Å². The molecular weight excluding hydrogens is 438 g/mol. The first-order chi connectivity index (χ1) is 16.0. The molecule has 0 saturated carbocycles. The van der Waals surface area contributed by atoms with E-state index in [1.807, 2.05) is 67.6 Å². The first-order valence-corrected chi connectivity index (χ1v) is 11.5. The second-order valence-corrected chi connectivity index (χ2v) is 8.69. The SMILES string of the molecule is COc1cc2c(cc1NC(=O)C(C)N1CCN(c3ccccc3Cl)CC1)oc1ccccc12. The first-order valence-electron chi connectivity index (χ1n) is 11.1. The van der Waals surface area contributed by atoms with E-state index >= 15 is 0 Å². The molecule has 0 spiro atoms. The number of carbonyl (C=O) groups is 1. The standard InChI is InChI=1S/C26H26ClN3O3/c1-17(29-11-13-30(14-12-29)22-9-5-4-8-20(22)27)26(31)28-21-16-24-19(15-25(21)32-2)18-7-3-6-10-23(18)33-24/h3-10,15-17H,11-14H2,1-2H3,(H,28,31). The maximum Gasteiger partial charge on any atom is 0.241 e. The van der Waals surface area contributed by atoms with E-state index in [1.165, 1.54) is 0 Å². The van der Waals surface area contributed by atoms with Gasteiger partial charge in [0.1, 0.15) is 16.9 Å². The minimum Gasteiger partial charge on any atom is -0.495 e. The largest absolute Gasteiger partial charge is 0.495 e. The lowest BCUT2D eigenvalue weighted by Gasteiger charge is -2.38. The van der Waals surface area contributed by atoms with Crippen molar-refractivity contribution in [2.75, 3.05) is 43.5 Å². The molecule has 5 rings (SSSR count). The Bertz CT molecular complexity index is 1310. The molecule has 1 aromatic heterocycles. The molecule has 0 radical (unpaired) electrons. The molecule has 1 fully saturated rings. The van der Waals surface area contributed by atoms with Crippen LogP contribution in [-0.2, 0) is 4.79 Å². The Balaban J connectivity index is 1.30. The Kier molecular flexibility index (Phi) is 5.87. The molecule has 0 aliphatic carbocycles. The summed E-state index contributed by atoms with van der Waals surface area (Å²) >= 11 is 6.35. The number of benzene rings is 3. The summed E-state index contributed by atoms with van der Waals surface area (Å²) in [4.78, 5) is 17.6. The molecule has 170 valence electrons. The molecule has 6 nitrogen and oxygen atoms in total. The van der Waals surface area contributed by atoms with Crippen LogP contribution in [0.25, 0.3) is 21.9 Å². The summed E-state index contributed by atoms with van der Waals surface area (Å²) in [5, 5.41) is 5.79. The van der Waals surface area contributed by atoms with Crippen LogP contribution in [0.15, 0.2) is 65.1 Å². The number of hydrogen-bond acceptors (Lipinski definition) is 5. The normalized spacial score (nSPS) is 15.7. The molecule has 7 heteroatoms. The van der Waals surface area contributed by atoms with Crippen molar-refractivity contribution in [1.82, 2.24) is 4.90 Å². The summed E-state index contributed by atoms with van der Waals surface area (Å²) in [6.07, 6.45) is 0. The molecule has 3 aromatic carbocycles. The quantitative estimate of drug-likeness (QED) is 0.429. The minimum atomic E-state index is -0.283. The van der Waals surface area contributed by atoms with Gasteiger partial charge in [0.2, 0.25) is 5.91 Å². The van der Waals surface area contributed by atoms with Crippen LogP contribution in [0.3, 0.4) is 0 Å². The number of halogens is 1. The third-order valence-corrected chi connectivity index (χ3v) is 6.71. The fraction of sp³-hybridized carbons (Fsp3) is 0.269. The highest BCUT2D eigenvalue weighted by molar-refractivity contribution is 6.33. The Morgan fingerprint density at radius 2 is 1.73 bits per heavy atom. The highest BCUT2D eigenvalue weighted by atomic mass is 35.5. The molecule has 1 atom stereocenters. The summed E-state index contributed by atoms with van der Waals surface area (Å²) < 4.78 is 11.6. The zero-order valence-electron chi connectivity index (χ0n) is 18.7. The van der Waals surface area contributed by atoms with Crippen LogP contribution in [0, 0.1) is 0 Å². The molecule has 1 aliphatic rings. The van der Waals surface area contributed by atoms with Crippen LogP contribution < -0.4 is 15.0 Å². The minimum absolute atomic E-state index is 0.0741. The van der Waals surface area contributed by atoms with E-state index in [0.717, 1.165) is 53.2 Å². The Labute approximate surface area is 197 Å². The second-order valence-electron chi connectivity index (χ2n) is 8.29. The number of hydrogen-bond donors (Lipinski definition) is 1. The molecule has 4 aromatic rings. The highest BCUT2D eigenvalue weighted by Crippen LogP contribution is 2.36. The van der Waals surface area contributed by atoms with Crippen molar-refractivity contribution in [3.63, 3.8) is 0 Å². The van der Waals surface area contributed by atoms with Crippen LogP contribution in [-0.4, -0.2) is 50.1 Å². The number of carbonyl (C=O) groups excluding carboxylic acids is 1. The van der Waals surface area contributed by atoms with Gasteiger partial charge in [-0.1, -0.05) is 41.9 Å². The molecule has 1 N–H and O–H groups in total. The van der Waals surface area contributed by atoms with E-state index in [4.69, 9.17) is 20.8 Å². The number of anilines is 2. The van der Waals surface area contributed by atoms with Gasteiger partial charge in [-0.15, -0.1) is 0 Å². The number of furan rings is 1. The van der Waals surface area contributed by atoms with Crippen molar-refractivity contribution in [3.8, 4) is 5.75 Å². The number of fused-ring (bicyclic) bond motifs is 3. The van der Waals surface area contributed by atoms with Crippen LogP contribution in [0.5, 0.6) is 5.75 Å². The number of para-hydroxylation sites is 2. The van der Waals surface area contributed by atoms with Crippen LogP contribution >= 0.6 is 11.6 Å². The fourth-order valence-corrected chi connectivity index (χ4v) is 4.73. The summed E-state index contributed by atoms with van der Waals surface area (Å²) in [5.41, 5.74) is 3.17. The molecule has 2 heterocycles. The smallest absolute Gasteiger partial charge is 0.241 e. The number of piperazine rings is 1. The van der Waals surface area contributed by atoms with Crippen molar-refractivity contribution in [2.24, 2.45) is 0 Å². The molecule has 1 unspecified atom stereocenters. The summed E-state index contributed by atoms with van der Waals surface area (Å²) in [7, 11) is 1.61. The number of amides is 1. The third-order valence-electron chi connectivity index (χ3n) is 6.39. The number of nitrogens with one attached hydrogen (secondary N) is 1. The maximum absolute atomic E-state index is 13.1. The maximum atomic E-state index is 13.1. The van der Waals surface area contributed by atoms with Gasteiger partial charge in [0.05, 0.1) is 29.5 Å². The first kappa shape index (κ1) is 21.6. The number of methoxy groups -OCH3 is 1. The average Bonchev–Trinajstić information content (AvgIpc) is 3.20. The average molecular weight is 464 g/mol. The third kappa shape index (κ3) is 4.12. The van der Waals surface area contributed by atoms with E-state index in [2.05, 4.69) is 15.1 Å². The van der Waals surface area contributed by atoms with Crippen LogP contribution in [0.1, 0.15) is 6.92 Å². The van der Waals surface area contributed by atoms with Gasteiger partial charge >= 0.3 is 0 Å². The van der Waals surface area contributed by atoms with E-state index in [1.54, 1.807) is 7.11 Å². The zero-order valence-corrected chi connectivity index (χ0v) is 19.4. The summed E-state index contributed by atoms with van der Waals surface area (Å²) in [6.45, 7) is 5.12. The van der Waals surface area contributed by atoms with Gasteiger partial charge in [0, 0.05) is 43.0 Å². The lowest BCUT2D eigenvalue weighted by molar-refractivity contribution is -0.120. The molecule has 1 saturated heterocycles. The zero-order chi connectivity index (χ0) is 22.9. The predicted molar refractivity (Wildman–Crippen MR) is 134 cm³/mol. The molecular formula is C26H26ClN3O3.